The van der Waals surface area contributed by atoms with Crippen molar-refractivity contribution in [1.29, 1.82) is 0 Å². The number of aryl methyl sites for hydroxylation is 1. The van der Waals surface area contributed by atoms with Crippen LogP contribution in [-0.4, -0.2) is 0 Å². The molecule has 4 heteroatoms. The van der Waals surface area contributed by atoms with E-state index in [2.05, 4.69) is 6.92 Å². The Morgan fingerprint density at radius 3 is 2.60 bits per heavy atom. The molecular weight excluding hydrogens is 336 g/mol. The summed E-state index contributed by atoms with van der Waals surface area (Å²) in [4.78, 5) is 12.3. The first-order valence-corrected chi connectivity index (χ1v) is 8.90. The number of unbranched alkanes of at least 4 members (excludes halogenated alkanes) is 1. The summed E-state index contributed by atoms with van der Waals surface area (Å²) in [5.41, 5.74) is 3.13. The molecule has 2 aromatic carbocycles. The van der Waals surface area contributed by atoms with Gasteiger partial charge in [0, 0.05) is 22.0 Å². The summed E-state index contributed by atoms with van der Waals surface area (Å²) in [5.74, 6) is 0.673. The first-order chi connectivity index (χ1) is 12.1. The van der Waals surface area contributed by atoms with Gasteiger partial charge < -0.3 is 9.15 Å². The van der Waals surface area contributed by atoms with Crippen LogP contribution in [0.3, 0.4) is 0 Å². The zero-order chi connectivity index (χ0) is 17.8. The standard InChI is InChI=1S/C21H21ClO3/c1-3-4-5-19-14(2)18-11-10-17(12-20(18)25-21(19)23)24-13-15-6-8-16(22)9-7-15/h6-12H,3-5,13H2,1-2H3. The Hall–Kier alpha value is -2.26. The van der Waals surface area contributed by atoms with E-state index in [0.29, 0.717) is 23.0 Å². The van der Waals surface area contributed by atoms with Gasteiger partial charge in [0.1, 0.15) is 17.9 Å². The molecule has 0 aliphatic heterocycles. The molecule has 0 aliphatic rings. The van der Waals surface area contributed by atoms with E-state index in [1.165, 1.54) is 0 Å². The summed E-state index contributed by atoms with van der Waals surface area (Å²) < 4.78 is 11.3. The second-order valence-electron chi connectivity index (χ2n) is 6.17. The smallest absolute Gasteiger partial charge is 0.339 e. The Morgan fingerprint density at radius 2 is 1.88 bits per heavy atom. The van der Waals surface area contributed by atoms with Gasteiger partial charge in [-0.3, -0.25) is 0 Å². The molecular formula is C21H21ClO3. The third-order valence-corrected chi connectivity index (χ3v) is 4.61. The van der Waals surface area contributed by atoms with Crippen LogP contribution in [0.2, 0.25) is 5.02 Å². The van der Waals surface area contributed by atoms with Crippen molar-refractivity contribution in [2.24, 2.45) is 0 Å². The van der Waals surface area contributed by atoms with Gasteiger partial charge in [0.2, 0.25) is 0 Å². The highest BCUT2D eigenvalue weighted by Crippen LogP contribution is 2.25. The van der Waals surface area contributed by atoms with Crippen LogP contribution in [0, 0.1) is 6.92 Å². The fraction of sp³-hybridized carbons (Fsp3) is 0.286. The Labute approximate surface area is 152 Å². The average Bonchev–Trinajstić information content (AvgIpc) is 2.61. The predicted molar refractivity (Wildman–Crippen MR) is 102 cm³/mol. The van der Waals surface area contributed by atoms with E-state index in [1.54, 1.807) is 6.07 Å². The van der Waals surface area contributed by atoms with Crippen LogP contribution >= 0.6 is 11.6 Å². The first-order valence-electron chi connectivity index (χ1n) is 8.52. The lowest BCUT2D eigenvalue weighted by atomic mass is 10.0. The van der Waals surface area contributed by atoms with Crippen molar-refractivity contribution in [3.05, 3.63) is 74.6 Å². The highest BCUT2D eigenvalue weighted by molar-refractivity contribution is 6.30. The van der Waals surface area contributed by atoms with Gasteiger partial charge in [0.15, 0.2) is 0 Å². The minimum atomic E-state index is -0.242. The minimum Gasteiger partial charge on any atom is -0.489 e. The molecule has 0 radical (unpaired) electrons. The lowest BCUT2D eigenvalue weighted by molar-refractivity contribution is 0.306. The van der Waals surface area contributed by atoms with E-state index in [-0.39, 0.29) is 5.63 Å². The number of benzene rings is 2. The van der Waals surface area contributed by atoms with Crippen LogP contribution in [-0.2, 0) is 13.0 Å². The van der Waals surface area contributed by atoms with E-state index < -0.39 is 0 Å². The van der Waals surface area contributed by atoms with Crippen molar-refractivity contribution in [2.45, 2.75) is 39.7 Å². The fourth-order valence-electron chi connectivity index (χ4n) is 2.85. The lowest BCUT2D eigenvalue weighted by Crippen LogP contribution is -2.10. The maximum Gasteiger partial charge on any atom is 0.339 e. The van der Waals surface area contributed by atoms with Gasteiger partial charge in [-0.1, -0.05) is 37.1 Å². The average molecular weight is 357 g/mol. The Morgan fingerprint density at radius 1 is 1.12 bits per heavy atom. The zero-order valence-electron chi connectivity index (χ0n) is 14.5. The molecule has 0 atom stereocenters. The SMILES string of the molecule is CCCCc1c(C)c2ccc(OCc3ccc(Cl)cc3)cc2oc1=O. The molecule has 0 bridgehead atoms. The topological polar surface area (TPSA) is 39.4 Å². The summed E-state index contributed by atoms with van der Waals surface area (Å²) in [7, 11) is 0. The quantitative estimate of drug-likeness (QED) is 0.533. The molecule has 0 N–H and O–H groups in total. The van der Waals surface area contributed by atoms with E-state index in [1.807, 2.05) is 43.3 Å². The van der Waals surface area contributed by atoms with Gasteiger partial charge in [0.25, 0.3) is 0 Å². The van der Waals surface area contributed by atoms with Crippen molar-refractivity contribution < 1.29 is 9.15 Å². The van der Waals surface area contributed by atoms with Gasteiger partial charge in [-0.05, 0) is 55.2 Å². The van der Waals surface area contributed by atoms with Crippen molar-refractivity contribution in [2.75, 3.05) is 0 Å². The summed E-state index contributed by atoms with van der Waals surface area (Å²) in [6.45, 7) is 4.53. The molecule has 0 aliphatic carbocycles. The maximum atomic E-state index is 12.3. The van der Waals surface area contributed by atoms with Crippen LogP contribution in [0.5, 0.6) is 5.75 Å². The van der Waals surface area contributed by atoms with Gasteiger partial charge in [-0.15, -0.1) is 0 Å². The normalized spacial score (nSPS) is 11.0. The highest BCUT2D eigenvalue weighted by atomic mass is 35.5. The largest absolute Gasteiger partial charge is 0.489 e. The second-order valence-corrected chi connectivity index (χ2v) is 6.61. The predicted octanol–water partition coefficient (Wildman–Crippen LogP) is 5.68. The van der Waals surface area contributed by atoms with Crippen molar-refractivity contribution >= 4 is 22.6 Å². The number of ether oxygens (including phenoxy) is 1. The first kappa shape index (κ1) is 17.6. The second kappa shape index (κ2) is 7.75. The molecule has 25 heavy (non-hydrogen) atoms. The van der Waals surface area contributed by atoms with Crippen LogP contribution < -0.4 is 10.4 Å². The summed E-state index contributed by atoms with van der Waals surface area (Å²) in [5, 5.41) is 1.66. The van der Waals surface area contributed by atoms with Crippen LogP contribution in [0.1, 0.15) is 36.5 Å². The van der Waals surface area contributed by atoms with Gasteiger partial charge in [0.05, 0.1) is 0 Å². The van der Waals surface area contributed by atoms with E-state index in [0.717, 1.165) is 41.3 Å². The van der Waals surface area contributed by atoms with Gasteiger partial charge >= 0.3 is 5.63 Å². The zero-order valence-corrected chi connectivity index (χ0v) is 15.2. The molecule has 0 saturated heterocycles. The molecule has 3 aromatic rings. The molecule has 1 heterocycles. The molecule has 0 unspecified atom stereocenters. The van der Waals surface area contributed by atoms with Gasteiger partial charge in [-0.2, -0.15) is 0 Å². The number of halogens is 1. The van der Waals surface area contributed by atoms with E-state index >= 15 is 0 Å². The molecule has 130 valence electrons. The third kappa shape index (κ3) is 4.05. The minimum absolute atomic E-state index is 0.242. The monoisotopic (exact) mass is 356 g/mol. The van der Waals surface area contributed by atoms with Crippen LogP contribution in [0.15, 0.2) is 51.7 Å². The Kier molecular flexibility index (Phi) is 5.44. The molecule has 0 saturated carbocycles. The fourth-order valence-corrected chi connectivity index (χ4v) is 2.98. The number of rotatable bonds is 6. The maximum absolute atomic E-state index is 12.3. The Balaban J connectivity index is 1.84. The summed E-state index contributed by atoms with van der Waals surface area (Å²) in [6.07, 6.45) is 2.79. The molecule has 3 nitrogen and oxygen atoms in total. The molecule has 0 fully saturated rings. The van der Waals surface area contributed by atoms with E-state index in [4.69, 9.17) is 20.8 Å². The lowest BCUT2D eigenvalue weighted by Gasteiger charge is -2.10. The van der Waals surface area contributed by atoms with Crippen molar-refractivity contribution in [3.63, 3.8) is 0 Å². The number of fused-ring (bicyclic) bond motifs is 1. The summed E-state index contributed by atoms with van der Waals surface area (Å²) >= 11 is 5.89. The van der Waals surface area contributed by atoms with Crippen LogP contribution in [0.4, 0.5) is 0 Å². The van der Waals surface area contributed by atoms with E-state index in [9.17, 15) is 4.79 Å². The van der Waals surface area contributed by atoms with Crippen molar-refractivity contribution in [1.82, 2.24) is 0 Å². The Bertz CT molecular complexity index is 926. The molecule has 3 rings (SSSR count). The molecule has 0 amide bonds. The molecule has 1 aromatic heterocycles. The highest BCUT2D eigenvalue weighted by Gasteiger charge is 2.11. The number of hydrogen-bond acceptors (Lipinski definition) is 3. The van der Waals surface area contributed by atoms with Gasteiger partial charge in [-0.25, -0.2) is 4.79 Å². The number of hydrogen-bond donors (Lipinski definition) is 0. The summed E-state index contributed by atoms with van der Waals surface area (Å²) in [6, 6.07) is 13.2. The molecule has 0 spiro atoms. The van der Waals surface area contributed by atoms with Crippen LogP contribution in [0.25, 0.3) is 11.0 Å². The van der Waals surface area contributed by atoms with Crippen molar-refractivity contribution in [3.8, 4) is 5.75 Å². The third-order valence-electron chi connectivity index (χ3n) is 4.36.